The summed E-state index contributed by atoms with van der Waals surface area (Å²) < 4.78 is 7.42. The van der Waals surface area contributed by atoms with Crippen LogP contribution in [0.3, 0.4) is 0 Å². The summed E-state index contributed by atoms with van der Waals surface area (Å²) in [5, 5.41) is 16.2. The molecule has 2 N–H and O–H groups in total. The lowest BCUT2D eigenvalue weighted by Gasteiger charge is -2.29. The molecule has 10 heteroatoms. The molecule has 1 atom stereocenters. The number of hydrogen-bond donors (Lipinski definition) is 2. The number of aliphatic imine (C=N–C) groups is 1. The van der Waals surface area contributed by atoms with Gasteiger partial charge in [0.15, 0.2) is 0 Å². The second-order valence-corrected chi connectivity index (χ2v) is 12.4. The first kappa shape index (κ1) is 32.5. The van der Waals surface area contributed by atoms with Crippen LogP contribution in [0.4, 0.5) is 22.0 Å². The molecule has 10 nitrogen and oxygen atoms in total. The van der Waals surface area contributed by atoms with E-state index in [1.165, 1.54) is 15.7 Å². The average molecular weight is 651 g/mol. The zero-order valence-electron chi connectivity index (χ0n) is 27.2. The summed E-state index contributed by atoms with van der Waals surface area (Å²) in [5.74, 6) is -1.36. The van der Waals surface area contributed by atoms with Gasteiger partial charge in [0, 0.05) is 11.6 Å². The number of nitriles is 1. The summed E-state index contributed by atoms with van der Waals surface area (Å²) in [7, 11) is 0. The molecule has 0 saturated carbocycles. The van der Waals surface area contributed by atoms with Gasteiger partial charge < -0.3 is 10.1 Å². The van der Waals surface area contributed by atoms with Crippen LogP contribution < -0.4 is 15.5 Å². The number of ether oxygens (including phenoxy) is 1. The van der Waals surface area contributed by atoms with Crippen molar-refractivity contribution in [3.05, 3.63) is 150 Å². The lowest BCUT2D eigenvalue weighted by atomic mass is 9.90. The Morgan fingerprint density at radius 1 is 0.837 bits per heavy atom. The molecule has 1 unspecified atom stereocenters. The number of nitrogens with one attached hydrogen (secondary N) is 2. The molecule has 6 rings (SSSR count). The number of fused-ring (bicyclic) bond motifs is 1. The van der Waals surface area contributed by atoms with Crippen LogP contribution in [0, 0.1) is 16.7 Å². The molecule has 0 fully saturated rings. The van der Waals surface area contributed by atoms with Crippen molar-refractivity contribution in [2.24, 2.45) is 10.4 Å². The third-order valence-corrected chi connectivity index (χ3v) is 7.98. The Hall–Kier alpha value is -6.47. The molecule has 0 aliphatic carbocycles. The van der Waals surface area contributed by atoms with Crippen molar-refractivity contribution >= 4 is 41.1 Å². The first-order chi connectivity index (χ1) is 23.7. The number of hydrogen-bond acceptors (Lipinski definition) is 7. The Morgan fingerprint density at radius 2 is 1.33 bits per heavy atom. The van der Waals surface area contributed by atoms with E-state index in [1.54, 1.807) is 69.3 Å². The van der Waals surface area contributed by atoms with Gasteiger partial charge in [-0.3, -0.25) is 19.5 Å². The Kier molecular flexibility index (Phi) is 9.09. The maximum atomic E-state index is 14.6. The fourth-order valence-electron chi connectivity index (χ4n) is 5.50. The third-order valence-electron chi connectivity index (χ3n) is 7.98. The van der Waals surface area contributed by atoms with Crippen molar-refractivity contribution in [3.63, 3.8) is 0 Å². The highest BCUT2D eigenvalue weighted by atomic mass is 16.6. The van der Waals surface area contributed by atoms with Crippen LogP contribution in [0.2, 0.25) is 0 Å². The summed E-state index contributed by atoms with van der Waals surface area (Å²) in [4.78, 5) is 47.8. The monoisotopic (exact) mass is 650 g/mol. The fraction of sp³-hybridized carbons (Fsp3) is 0.154. The first-order valence-electron chi connectivity index (χ1n) is 15.7. The number of rotatable bonds is 6. The predicted molar refractivity (Wildman–Crippen MR) is 187 cm³/mol. The quantitative estimate of drug-likeness (QED) is 0.193. The maximum absolute atomic E-state index is 14.6. The van der Waals surface area contributed by atoms with Gasteiger partial charge in [0.05, 0.1) is 28.4 Å². The van der Waals surface area contributed by atoms with Crippen LogP contribution in [0.5, 0.6) is 0 Å². The Labute approximate surface area is 284 Å². The molecule has 0 spiro atoms. The highest BCUT2D eigenvalue weighted by Gasteiger charge is 2.37. The van der Waals surface area contributed by atoms with E-state index in [1.807, 2.05) is 72.8 Å². The SMILES string of the molecule is CC(C)(C)C(=O)NC1=NC(OC(=O)N(c2ccccc2)c2ccccc2)c2c(C#N)cn(C(=O)C(c3ccccc3)c3ccccc3)c2N1. The first-order valence-corrected chi connectivity index (χ1v) is 15.7. The van der Waals surface area contributed by atoms with Crippen molar-refractivity contribution in [2.75, 3.05) is 10.2 Å². The molecule has 244 valence electrons. The summed E-state index contributed by atoms with van der Waals surface area (Å²) in [6.45, 7) is 5.24. The van der Waals surface area contributed by atoms with Gasteiger partial charge in [0.2, 0.25) is 24.0 Å². The van der Waals surface area contributed by atoms with Crippen LogP contribution in [-0.2, 0) is 9.53 Å². The van der Waals surface area contributed by atoms with E-state index in [9.17, 15) is 19.6 Å². The number of carbonyl (C=O) groups is 3. The summed E-state index contributed by atoms with van der Waals surface area (Å²) in [6.07, 6.45) is -0.768. The molecule has 1 aliphatic heterocycles. The minimum absolute atomic E-state index is 0.0381. The molecular weight excluding hydrogens is 616 g/mol. The average Bonchev–Trinajstić information content (AvgIpc) is 3.49. The van der Waals surface area contributed by atoms with E-state index in [0.717, 1.165) is 11.1 Å². The molecule has 2 amide bonds. The standard InChI is InChI=1S/C39H34N6O4/c1-39(2,3)36(47)43-37-41-33-32(34(42-37)49-38(48)45(29-20-12-6-13-21-29)30-22-14-7-15-23-30)28(24-40)25-44(33)35(46)31(26-16-8-4-9-17-26)27-18-10-5-11-19-27/h4-23,25,31,34H,1-3H3,(H2,41,42,43,47). The molecule has 1 aromatic heterocycles. The molecular formula is C39H34N6O4. The highest BCUT2D eigenvalue weighted by molar-refractivity contribution is 6.08. The zero-order valence-corrected chi connectivity index (χ0v) is 27.2. The Bertz CT molecular complexity index is 1970. The lowest BCUT2D eigenvalue weighted by Crippen LogP contribution is -2.44. The van der Waals surface area contributed by atoms with Gasteiger partial charge in [-0.15, -0.1) is 0 Å². The summed E-state index contributed by atoms with van der Waals surface area (Å²) in [6, 6.07) is 38.7. The molecule has 5 aromatic rings. The van der Waals surface area contributed by atoms with Crippen LogP contribution in [-0.4, -0.2) is 28.4 Å². The zero-order chi connectivity index (χ0) is 34.5. The van der Waals surface area contributed by atoms with E-state index in [-0.39, 0.29) is 34.7 Å². The normalized spacial score (nSPS) is 13.7. The second kappa shape index (κ2) is 13.7. The summed E-state index contributed by atoms with van der Waals surface area (Å²) in [5.41, 5.74) is 2.03. The number of nitrogens with zero attached hydrogens (tertiary/aromatic N) is 4. The molecule has 4 aromatic carbocycles. The Balaban J connectivity index is 1.46. The molecule has 0 saturated heterocycles. The highest BCUT2D eigenvalue weighted by Crippen LogP contribution is 2.39. The molecule has 2 heterocycles. The molecule has 0 bridgehead atoms. The number of para-hydroxylation sites is 2. The van der Waals surface area contributed by atoms with Crippen LogP contribution in [0.25, 0.3) is 0 Å². The number of anilines is 3. The van der Waals surface area contributed by atoms with Gasteiger partial charge in [0.25, 0.3) is 0 Å². The fourth-order valence-corrected chi connectivity index (χ4v) is 5.50. The van der Waals surface area contributed by atoms with E-state index in [0.29, 0.717) is 11.4 Å². The second-order valence-electron chi connectivity index (χ2n) is 12.4. The smallest absolute Gasteiger partial charge is 0.418 e. The van der Waals surface area contributed by atoms with Gasteiger partial charge in [-0.05, 0) is 35.4 Å². The largest absolute Gasteiger partial charge is 0.421 e. The van der Waals surface area contributed by atoms with E-state index >= 15 is 0 Å². The predicted octanol–water partition coefficient (Wildman–Crippen LogP) is 7.75. The number of carbonyl (C=O) groups excluding carboxylic acids is 3. The van der Waals surface area contributed by atoms with Crippen LogP contribution >= 0.6 is 0 Å². The molecule has 49 heavy (non-hydrogen) atoms. The van der Waals surface area contributed by atoms with Crippen molar-refractivity contribution in [2.45, 2.75) is 32.9 Å². The maximum Gasteiger partial charge on any atom is 0.421 e. The van der Waals surface area contributed by atoms with Gasteiger partial charge in [0.1, 0.15) is 11.9 Å². The van der Waals surface area contributed by atoms with Crippen molar-refractivity contribution < 1.29 is 19.1 Å². The topological polar surface area (TPSA) is 129 Å². The van der Waals surface area contributed by atoms with E-state index < -0.39 is 23.7 Å². The number of aromatic nitrogens is 1. The van der Waals surface area contributed by atoms with Crippen molar-refractivity contribution in [1.29, 1.82) is 5.26 Å². The Morgan fingerprint density at radius 3 is 1.80 bits per heavy atom. The molecule has 1 aliphatic rings. The number of benzene rings is 4. The lowest BCUT2D eigenvalue weighted by molar-refractivity contribution is -0.126. The minimum Gasteiger partial charge on any atom is -0.418 e. The third kappa shape index (κ3) is 6.82. The molecule has 0 radical (unpaired) electrons. The van der Waals surface area contributed by atoms with Gasteiger partial charge >= 0.3 is 6.09 Å². The van der Waals surface area contributed by atoms with Crippen molar-refractivity contribution in [1.82, 2.24) is 9.88 Å². The summed E-state index contributed by atoms with van der Waals surface area (Å²) >= 11 is 0. The number of amides is 2. The number of guanidine groups is 1. The minimum atomic E-state index is -1.40. The van der Waals surface area contributed by atoms with Crippen LogP contribution in [0.1, 0.15) is 60.0 Å². The van der Waals surface area contributed by atoms with E-state index in [2.05, 4.69) is 21.7 Å². The van der Waals surface area contributed by atoms with E-state index in [4.69, 9.17) is 4.74 Å². The van der Waals surface area contributed by atoms with Crippen molar-refractivity contribution in [3.8, 4) is 6.07 Å². The van der Waals surface area contributed by atoms with Gasteiger partial charge in [-0.1, -0.05) is 118 Å². The van der Waals surface area contributed by atoms with Crippen LogP contribution in [0.15, 0.2) is 133 Å². The van der Waals surface area contributed by atoms with Gasteiger partial charge in [-0.2, -0.15) is 5.26 Å². The van der Waals surface area contributed by atoms with Gasteiger partial charge in [-0.25, -0.2) is 14.7 Å².